The molecule has 9 nitrogen and oxygen atoms in total. The molecule has 0 aromatic heterocycles. The Morgan fingerprint density at radius 1 is 0.844 bits per heavy atom. The maximum absolute atomic E-state index is 11.5. The van der Waals surface area contributed by atoms with Crippen molar-refractivity contribution in [2.45, 2.75) is 83.5 Å². The van der Waals surface area contributed by atoms with Crippen LogP contribution in [0.3, 0.4) is 0 Å². The van der Waals surface area contributed by atoms with Crippen molar-refractivity contribution in [3.05, 3.63) is 95.6 Å². The van der Waals surface area contributed by atoms with Gasteiger partial charge in [-0.3, -0.25) is 4.90 Å². The second-order valence-electron chi connectivity index (χ2n) is 11.3. The Labute approximate surface area is 269 Å². The Bertz CT molecular complexity index is 1260. The van der Waals surface area contributed by atoms with E-state index in [2.05, 4.69) is 16.1 Å². The molecule has 0 heterocycles. The first-order valence-electron chi connectivity index (χ1n) is 15.3. The van der Waals surface area contributed by atoms with Crippen molar-refractivity contribution in [1.29, 1.82) is 5.26 Å². The van der Waals surface area contributed by atoms with Crippen LogP contribution in [0.4, 0.5) is 0 Å². The molecule has 0 bridgehead atoms. The van der Waals surface area contributed by atoms with Gasteiger partial charge in [-0.05, 0) is 75.1 Å². The van der Waals surface area contributed by atoms with Crippen LogP contribution in [-0.2, 0) is 14.9 Å². The molecule has 0 radical (unpaired) electrons. The van der Waals surface area contributed by atoms with Gasteiger partial charge in [-0.25, -0.2) is 5.09 Å². The van der Waals surface area contributed by atoms with Crippen LogP contribution in [0.5, 0.6) is 11.5 Å². The van der Waals surface area contributed by atoms with Crippen LogP contribution in [0.2, 0.25) is 0 Å². The standard InChI is InChI=1S/C35H48N3O6P/c1-8-33(44-45(40)37-34(22-23-36)38(25(2)3)26(4)5)32(39)24-43-35(27-12-10-9-11-13-27,28-14-18-30(41-6)19-15-28)29-16-20-31(42-7)21-17-29/h9-21,25-26,32-34,37,39-40H,8,22,24H2,1-7H3/t32-,33+,34?,45?/m1/s1. The second kappa shape index (κ2) is 17.6. The van der Waals surface area contributed by atoms with E-state index in [0.29, 0.717) is 17.9 Å². The van der Waals surface area contributed by atoms with E-state index in [-0.39, 0.29) is 25.1 Å². The number of nitrogens with zero attached hydrogens (tertiary/aromatic N) is 2. The van der Waals surface area contributed by atoms with E-state index in [1.165, 1.54) is 0 Å². The molecule has 3 aromatic rings. The Morgan fingerprint density at radius 2 is 1.33 bits per heavy atom. The van der Waals surface area contributed by atoms with Gasteiger partial charge in [-0.2, -0.15) is 5.26 Å². The number of hydrogen-bond acceptors (Lipinski definition) is 9. The molecule has 2 unspecified atom stereocenters. The minimum atomic E-state index is -2.16. The highest BCUT2D eigenvalue weighted by Gasteiger charge is 2.39. The van der Waals surface area contributed by atoms with Gasteiger partial charge in [0.2, 0.25) is 0 Å². The predicted octanol–water partition coefficient (Wildman–Crippen LogP) is 6.34. The van der Waals surface area contributed by atoms with Gasteiger partial charge in [-0.15, -0.1) is 0 Å². The summed E-state index contributed by atoms with van der Waals surface area (Å²) in [5.74, 6) is 1.42. The van der Waals surface area contributed by atoms with Crippen LogP contribution in [0, 0.1) is 11.3 Å². The van der Waals surface area contributed by atoms with Crippen molar-refractivity contribution in [2.75, 3.05) is 20.8 Å². The number of ether oxygens (including phenoxy) is 3. The first kappa shape index (κ1) is 36.4. The van der Waals surface area contributed by atoms with E-state index in [1.807, 2.05) is 113 Å². The van der Waals surface area contributed by atoms with Crippen molar-refractivity contribution in [3.8, 4) is 17.6 Å². The van der Waals surface area contributed by atoms with Crippen molar-refractivity contribution in [3.63, 3.8) is 0 Å². The average molecular weight is 638 g/mol. The summed E-state index contributed by atoms with van der Waals surface area (Å²) >= 11 is 0. The van der Waals surface area contributed by atoms with Gasteiger partial charge < -0.3 is 28.7 Å². The Kier molecular flexibility index (Phi) is 14.2. The lowest BCUT2D eigenvalue weighted by Crippen LogP contribution is -2.51. The Morgan fingerprint density at radius 3 is 1.76 bits per heavy atom. The largest absolute Gasteiger partial charge is 0.497 e. The molecule has 10 heteroatoms. The molecule has 45 heavy (non-hydrogen) atoms. The number of benzene rings is 3. The zero-order valence-electron chi connectivity index (χ0n) is 27.4. The zero-order valence-corrected chi connectivity index (χ0v) is 28.3. The summed E-state index contributed by atoms with van der Waals surface area (Å²) in [5.41, 5.74) is 1.45. The lowest BCUT2D eigenvalue weighted by molar-refractivity contribution is -0.0728. The van der Waals surface area contributed by atoms with Crippen LogP contribution >= 0.6 is 8.53 Å². The van der Waals surface area contributed by atoms with Crippen LogP contribution in [0.25, 0.3) is 0 Å². The van der Waals surface area contributed by atoms with Gasteiger partial charge in [0.25, 0.3) is 8.53 Å². The molecule has 0 amide bonds. The normalized spacial score (nSPS) is 14.6. The first-order chi connectivity index (χ1) is 21.6. The summed E-state index contributed by atoms with van der Waals surface area (Å²) < 4.78 is 23.7. The SMILES string of the molecule is CC[C@H](OP(O)NC(CC#N)N(C(C)C)C(C)C)[C@H](O)COC(c1ccccc1)(c1ccc(OC)cc1)c1ccc(OC)cc1. The molecule has 0 aliphatic heterocycles. The van der Waals surface area contributed by atoms with E-state index < -0.39 is 32.5 Å². The van der Waals surface area contributed by atoms with Crippen LogP contribution < -0.4 is 14.6 Å². The third-order valence-electron chi connectivity index (χ3n) is 7.81. The van der Waals surface area contributed by atoms with Gasteiger partial charge in [0, 0.05) is 12.1 Å². The van der Waals surface area contributed by atoms with E-state index in [1.54, 1.807) is 14.2 Å². The summed E-state index contributed by atoms with van der Waals surface area (Å²) in [5, 5.41) is 24.0. The molecule has 0 aliphatic carbocycles. The number of nitrogens with one attached hydrogen (secondary N) is 1. The zero-order chi connectivity index (χ0) is 33.0. The summed E-state index contributed by atoms with van der Waals surface area (Å²) in [6.45, 7) is 9.98. The lowest BCUT2D eigenvalue weighted by atomic mass is 9.80. The number of hydrogen-bond donors (Lipinski definition) is 3. The molecule has 3 rings (SSSR count). The first-order valence-corrected chi connectivity index (χ1v) is 16.5. The fourth-order valence-electron chi connectivity index (χ4n) is 5.72. The highest BCUT2D eigenvalue weighted by Crippen LogP contribution is 2.42. The number of rotatable bonds is 18. The van der Waals surface area contributed by atoms with Gasteiger partial charge in [0.1, 0.15) is 23.2 Å². The molecular formula is C35H48N3O6P. The minimum absolute atomic E-state index is 0.0969. The second-order valence-corrected chi connectivity index (χ2v) is 12.4. The fraction of sp³-hybridized carbons (Fsp3) is 0.457. The molecule has 0 aliphatic rings. The smallest absolute Gasteiger partial charge is 0.254 e. The molecule has 0 saturated carbocycles. The lowest BCUT2D eigenvalue weighted by Gasteiger charge is -2.39. The predicted molar refractivity (Wildman–Crippen MR) is 178 cm³/mol. The van der Waals surface area contributed by atoms with Crippen molar-refractivity contribution < 1.29 is 28.7 Å². The third kappa shape index (κ3) is 9.25. The number of aliphatic hydroxyl groups excluding tert-OH is 1. The number of aliphatic hydroxyl groups is 1. The maximum Gasteiger partial charge on any atom is 0.254 e. The molecule has 4 atom stereocenters. The molecular weight excluding hydrogens is 589 g/mol. The molecule has 3 aromatic carbocycles. The summed E-state index contributed by atoms with van der Waals surface area (Å²) in [4.78, 5) is 13.1. The summed E-state index contributed by atoms with van der Waals surface area (Å²) in [6, 6.07) is 27.7. The topological polar surface area (TPSA) is 116 Å². The Balaban J connectivity index is 1.93. The van der Waals surface area contributed by atoms with Gasteiger partial charge >= 0.3 is 0 Å². The van der Waals surface area contributed by atoms with Gasteiger partial charge in [-0.1, -0.05) is 61.5 Å². The molecule has 0 spiro atoms. The minimum Gasteiger partial charge on any atom is -0.497 e. The van der Waals surface area contributed by atoms with Crippen LogP contribution in [0.15, 0.2) is 78.9 Å². The summed E-state index contributed by atoms with van der Waals surface area (Å²) in [6.07, 6.45) is -1.62. The number of nitriles is 1. The van der Waals surface area contributed by atoms with Gasteiger partial charge in [0.05, 0.1) is 45.6 Å². The third-order valence-corrected chi connectivity index (χ3v) is 8.80. The fourth-order valence-corrected chi connectivity index (χ4v) is 6.80. The highest BCUT2D eigenvalue weighted by atomic mass is 31.2. The van der Waals surface area contributed by atoms with E-state index in [4.69, 9.17) is 18.7 Å². The monoisotopic (exact) mass is 637 g/mol. The maximum atomic E-state index is 11.5. The van der Waals surface area contributed by atoms with Crippen LogP contribution in [-0.4, -0.2) is 66.2 Å². The molecule has 3 N–H and O–H groups in total. The van der Waals surface area contributed by atoms with Crippen molar-refractivity contribution in [2.24, 2.45) is 0 Å². The molecule has 0 fully saturated rings. The van der Waals surface area contributed by atoms with Gasteiger partial charge in [0.15, 0.2) is 0 Å². The number of methoxy groups -OCH3 is 2. The highest BCUT2D eigenvalue weighted by molar-refractivity contribution is 7.43. The quantitative estimate of drug-likeness (QED) is 0.0835. The molecule has 244 valence electrons. The van der Waals surface area contributed by atoms with Crippen molar-refractivity contribution >= 4 is 8.53 Å². The Hall–Kier alpha value is -3.06. The molecule has 0 saturated heterocycles. The van der Waals surface area contributed by atoms with Crippen molar-refractivity contribution in [1.82, 2.24) is 9.99 Å². The van der Waals surface area contributed by atoms with Crippen LogP contribution in [0.1, 0.15) is 64.2 Å². The summed E-state index contributed by atoms with van der Waals surface area (Å²) in [7, 11) is 1.09. The van der Waals surface area contributed by atoms with E-state index in [0.717, 1.165) is 16.7 Å². The van der Waals surface area contributed by atoms with E-state index in [9.17, 15) is 15.3 Å². The van der Waals surface area contributed by atoms with E-state index >= 15 is 0 Å². The average Bonchev–Trinajstić information content (AvgIpc) is 3.04.